The van der Waals surface area contributed by atoms with Crippen molar-refractivity contribution in [2.45, 2.75) is 13.0 Å². The van der Waals surface area contributed by atoms with Gasteiger partial charge in [-0.25, -0.2) is 0 Å². The molecule has 0 aliphatic heterocycles. The molecule has 0 unspecified atom stereocenters. The first kappa shape index (κ1) is 19.2. The molecule has 3 rings (SSSR count). The van der Waals surface area contributed by atoms with Gasteiger partial charge >= 0.3 is 5.97 Å². The number of esters is 1. The molecule has 0 aliphatic carbocycles. The van der Waals surface area contributed by atoms with Crippen LogP contribution in [0.25, 0.3) is 11.4 Å². The van der Waals surface area contributed by atoms with Gasteiger partial charge in [0, 0.05) is 5.56 Å². The highest BCUT2D eigenvalue weighted by molar-refractivity contribution is 5.73. The molecule has 0 saturated carbocycles. The molecule has 0 spiro atoms. The molecule has 3 aromatic rings. The minimum absolute atomic E-state index is 0.0806. The third-order valence-corrected chi connectivity index (χ3v) is 3.95. The topological polar surface area (TPSA) is 92.9 Å². The molecule has 0 radical (unpaired) electrons. The Kier molecular flexibility index (Phi) is 6.11. The Morgan fingerprint density at radius 3 is 2.57 bits per heavy atom. The molecule has 0 aliphatic rings. The summed E-state index contributed by atoms with van der Waals surface area (Å²) >= 11 is 0. The molecule has 1 aromatic heterocycles. The lowest BCUT2D eigenvalue weighted by Crippen LogP contribution is -2.08. The summed E-state index contributed by atoms with van der Waals surface area (Å²) in [5.74, 6) is 2.00. The first-order chi connectivity index (χ1) is 13.6. The molecule has 1 heterocycles. The Morgan fingerprint density at radius 2 is 1.82 bits per heavy atom. The molecule has 0 fully saturated rings. The highest BCUT2D eigenvalue weighted by Gasteiger charge is 2.13. The standard InChI is InChI=1S/C20H20N2O6/c1-24-15-6-4-5-14(11-15)20-21-18(28-22-20)12-27-19(23)10-13-7-8-16(25-2)17(9-13)26-3/h4-9,11H,10,12H2,1-3H3. The van der Waals surface area contributed by atoms with Crippen molar-refractivity contribution in [3.05, 3.63) is 53.9 Å². The average Bonchev–Trinajstić information content (AvgIpc) is 3.21. The first-order valence-corrected chi connectivity index (χ1v) is 8.46. The third kappa shape index (κ3) is 4.59. The minimum Gasteiger partial charge on any atom is -0.497 e. The van der Waals surface area contributed by atoms with Gasteiger partial charge in [0.05, 0.1) is 27.8 Å². The van der Waals surface area contributed by atoms with E-state index < -0.39 is 5.97 Å². The molecule has 0 amide bonds. The average molecular weight is 384 g/mol. The summed E-state index contributed by atoms with van der Waals surface area (Å²) in [6, 6.07) is 12.5. The predicted octanol–water partition coefficient (Wildman–Crippen LogP) is 3.05. The number of hydrogen-bond donors (Lipinski definition) is 0. The van der Waals surface area contributed by atoms with Crippen LogP contribution in [0.1, 0.15) is 11.5 Å². The Morgan fingerprint density at radius 1 is 1.00 bits per heavy atom. The molecule has 2 aromatic carbocycles. The molecule has 0 bridgehead atoms. The number of benzene rings is 2. The summed E-state index contributed by atoms with van der Waals surface area (Å²) in [6.07, 6.45) is 0.0806. The number of carbonyl (C=O) groups excluding carboxylic acids is 1. The Bertz CT molecular complexity index is 953. The molecule has 146 valence electrons. The van der Waals surface area contributed by atoms with Crippen LogP contribution in [0.15, 0.2) is 47.0 Å². The van der Waals surface area contributed by atoms with Crippen LogP contribution in [0.4, 0.5) is 0 Å². The molecule has 0 atom stereocenters. The lowest BCUT2D eigenvalue weighted by Gasteiger charge is -2.09. The lowest BCUT2D eigenvalue weighted by atomic mass is 10.1. The summed E-state index contributed by atoms with van der Waals surface area (Å²) in [5.41, 5.74) is 1.48. The van der Waals surface area contributed by atoms with Crippen molar-refractivity contribution in [3.8, 4) is 28.6 Å². The van der Waals surface area contributed by atoms with E-state index >= 15 is 0 Å². The van der Waals surface area contributed by atoms with E-state index in [0.717, 1.165) is 11.1 Å². The van der Waals surface area contributed by atoms with Gasteiger partial charge < -0.3 is 23.5 Å². The van der Waals surface area contributed by atoms with Crippen LogP contribution in [0.3, 0.4) is 0 Å². The third-order valence-electron chi connectivity index (χ3n) is 3.95. The van der Waals surface area contributed by atoms with Gasteiger partial charge in [0.25, 0.3) is 5.89 Å². The van der Waals surface area contributed by atoms with E-state index in [1.807, 2.05) is 18.2 Å². The van der Waals surface area contributed by atoms with Gasteiger partial charge in [0.1, 0.15) is 5.75 Å². The Hall–Kier alpha value is -3.55. The number of methoxy groups -OCH3 is 3. The Balaban J connectivity index is 1.58. The van der Waals surface area contributed by atoms with Gasteiger partial charge in [0.2, 0.25) is 5.82 Å². The molecule has 0 saturated heterocycles. The van der Waals surface area contributed by atoms with Crippen LogP contribution in [-0.2, 0) is 22.6 Å². The first-order valence-electron chi connectivity index (χ1n) is 8.46. The van der Waals surface area contributed by atoms with Crippen molar-refractivity contribution in [2.24, 2.45) is 0 Å². The monoisotopic (exact) mass is 384 g/mol. The number of aromatic nitrogens is 2. The summed E-state index contributed by atoms with van der Waals surface area (Å²) in [7, 11) is 4.67. The van der Waals surface area contributed by atoms with Crippen LogP contribution in [0.2, 0.25) is 0 Å². The second-order valence-corrected chi connectivity index (χ2v) is 5.77. The van der Waals surface area contributed by atoms with E-state index in [0.29, 0.717) is 23.1 Å². The number of ether oxygens (including phenoxy) is 4. The zero-order valence-corrected chi connectivity index (χ0v) is 15.8. The predicted molar refractivity (Wildman–Crippen MR) is 99.3 cm³/mol. The lowest BCUT2D eigenvalue weighted by molar-refractivity contribution is -0.144. The zero-order valence-electron chi connectivity index (χ0n) is 15.8. The van der Waals surface area contributed by atoms with Crippen LogP contribution in [0.5, 0.6) is 17.2 Å². The van der Waals surface area contributed by atoms with E-state index in [4.69, 9.17) is 23.5 Å². The van der Waals surface area contributed by atoms with Gasteiger partial charge in [-0.05, 0) is 29.8 Å². The zero-order chi connectivity index (χ0) is 19.9. The van der Waals surface area contributed by atoms with Crippen molar-refractivity contribution in [1.82, 2.24) is 10.1 Å². The van der Waals surface area contributed by atoms with Crippen molar-refractivity contribution in [1.29, 1.82) is 0 Å². The van der Waals surface area contributed by atoms with Crippen molar-refractivity contribution < 1.29 is 28.3 Å². The van der Waals surface area contributed by atoms with Crippen molar-refractivity contribution >= 4 is 5.97 Å². The highest BCUT2D eigenvalue weighted by atomic mass is 16.6. The molecular formula is C20H20N2O6. The molecule has 8 nitrogen and oxygen atoms in total. The van der Waals surface area contributed by atoms with Crippen LogP contribution in [0, 0.1) is 0 Å². The van der Waals surface area contributed by atoms with Gasteiger partial charge in [-0.15, -0.1) is 0 Å². The van der Waals surface area contributed by atoms with E-state index in [2.05, 4.69) is 10.1 Å². The minimum atomic E-state index is -0.423. The summed E-state index contributed by atoms with van der Waals surface area (Å²) in [4.78, 5) is 16.3. The van der Waals surface area contributed by atoms with E-state index in [1.165, 1.54) is 7.11 Å². The SMILES string of the molecule is COc1cccc(-c2noc(COC(=O)Cc3ccc(OC)c(OC)c3)n2)c1. The number of nitrogens with zero attached hydrogens (tertiary/aromatic N) is 2. The maximum Gasteiger partial charge on any atom is 0.310 e. The van der Waals surface area contributed by atoms with Crippen LogP contribution >= 0.6 is 0 Å². The summed E-state index contributed by atoms with van der Waals surface area (Å²) < 4.78 is 26.0. The van der Waals surface area contributed by atoms with Crippen molar-refractivity contribution in [3.63, 3.8) is 0 Å². The molecule has 8 heteroatoms. The number of rotatable bonds is 8. The van der Waals surface area contributed by atoms with Gasteiger partial charge in [-0.3, -0.25) is 4.79 Å². The number of hydrogen-bond acceptors (Lipinski definition) is 8. The van der Waals surface area contributed by atoms with Crippen molar-refractivity contribution in [2.75, 3.05) is 21.3 Å². The fourth-order valence-corrected chi connectivity index (χ4v) is 2.54. The maximum atomic E-state index is 12.1. The van der Waals surface area contributed by atoms with Gasteiger partial charge in [-0.2, -0.15) is 4.98 Å². The fraction of sp³-hybridized carbons (Fsp3) is 0.250. The summed E-state index contributed by atoms with van der Waals surface area (Å²) in [5, 5.41) is 3.90. The Labute approximate surface area is 162 Å². The van der Waals surface area contributed by atoms with Gasteiger partial charge in [-0.1, -0.05) is 23.4 Å². The van der Waals surface area contributed by atoms with E-state index in [9.17, 15) is 4.79 Å². The second kappa shape index (κ2) is 8.90. The quantitative estimate of drug-likeness (QED) is 0.547. The van der Waals surface area contributed by atoms with E-state index in [1.54, 1.807) is 38.5 Å². The largest absolute Gasteiger partial charge is 0.497 e. The normalized spacial score (nSPS) is 10.4. The van der Waals surface area contributed by atoms with E-state index in [-0.39, 0.29) is 18.9 Å². The second-order valence-electron chi connectivity index (χ2n) is 5.77. The number of carbonyl (C=O) groups is 1. The smallest absolute Gasteiger partial charge is 0.310 e. The van der Waals surface area contributed by atoms with Crippen LogP contribution in [-0.4, -0.2) is 37.4 Å². The highest BCUT2D eigenvalue weighted by Crippen LogP contribution is 2.28. The maximum absolute atomic E-state index is 12.1. The fourth-order valence-electron chi connectivity index (χ4n) is 2.54. The molecular weight excluding hydrogens is 364 g/mol. The van der Waals surface area contributed by atoms with Gasteiger partial charge in [0.15, 0.2) is 18.1 Å². The molecule has 28 heavy (non-hydrogen) atoms. The molecule has 0 N–H and O–H groups in total. The summed E-state index contributed by atoms with van der Waals surface area (Å²) in [6.45, 7) is -0.108. The van der Waals surface area contributed by atoms with Crippen LogP contribution < -0.4 is 14.2 Å².